The number of methoxy groups -OCH3 is 1. The Morgan fingerprint density at radius 3 is 2.46 bits per heavy atom. The fraction of sp³-hybridized carbons (Fsp3) is 0.643. The molecule has 5 nitrogen and oxygen atoms in total. The van der Waals surface area contributed by atoms with Gasteiger partial charge in [0.1, 0.15) is 11.4 Å². The van der Waals surface area contributed by atoms with Gasteiger partial charge in [0.15, 0.2) is 0 Å². The van der Waals surface area contributed by atoms with Crippen LogP contribution in [0.1, 0.15) is 41.1 Å². The first kappa shape index (κ1) is 18.3. The van der Waals surface area contributed by atoms with E-state index in [0.29, 0.717) is 0 Å². The molecule has 1 saturated heterocycles. The number of aromatic nitrogens is 2. The number of carbonyl (C=O) groups excluding carboxylic acids is 1. The fourth-order valence-corrected chi connectivity index (χ4v) is 2.53. The van der Waals surface area contributed by atoms with Gasteiger partial charge in [0.2, 0.25) is 11.7 Å². The molecular weight excluding hydrogens is 337 g/mol. The van der Waals surface area contributed by atoms with Gasteiger partial charge in [0.05, 0.1) is 12.8 Å². The van der Waals surface area contributed by atoms with Crippen molar-refractivity contribution in [1.82, 2.24) is 9.97 Å². The van der Waals surface area contributed by atoms with E-state index in [-0.39, 0.29) is 43.0 Å². The molecule has 2 rings (SSSR count). The molecule has 0 aromatic carbocycles. The predicted molar refractivity (Wildman–Crippen MR) is 74.1 cm³/mol. The summed E-state index contributed by atoms with van der Waals surface area (Å²) in [6.07, 6.45) is -5.65. The van der Waals surface area contributed by atoms with Crippen molar-refractivity contribution in [3.8, 4) is 0 Å². The lowest BCUT2D eigenvalue weighted by Crippen LogP contribution is -2.30. The first-order valence-electron chi connectivity index (χ1n) is 7.22. The van der Waals surface area contributed by atoms with Gasteiger partial charge in [-0.15, -0.1) is 0 Å². The number of alkyl halides is 5. The molecule has 0 saturated carbocycles. The van der Waals surface area contributed by atoms with Crippen molar-refractivity contribution in [2.45, 2.75) is 38.3 Å². The van der Waals surface area contributed by atoms with Gasteiger partial charge in [-0.2, -0.15) is 13.2 Å². The second-order valence-corrected chi connectivity index (χ2v) is 5.52. The smallest absolute Gasteiger partial charge is 0.451 e. The zero-order chi connectivity index (χ0) is 18.1. The summed E-state index contributed by atoms with van der Waals surface area (Å²) < 4.78 is 70.4. The summed E-state index contributed by atoms with van der Waals surface area (Å²) in [4.78, 5) is 19.9. The number of rotatable bonds is 2. The Morgan fingerprint density at radius 1 is 1.21 bits per heavy atom. The van der Waals surface area contributed by atoms with E-state index >= 15 is 0 Å². The predicted octanol–water partition coefficient (Wildman–Crippen LogP) is 3.22. The number of halogens is 5. The number of esters is 1. The van der Waals surface area contributed by atoms with Crippen LogP contribution in [0.25, 0.3) is 0 Å². The summed E-state index contributed by atoms with van der Waals surface area (Å²) in [6, 6.07) is 0. The second kappa shape index (κ2) is 6.48. The van der Waals surface area contributed by atoms with E-state index in [1.807, 2.05) is 0 Å². The molecule has 10 heteroatoms. The highest BCUT2D eigenvalue weighted by Gasteiger charge is 2.39. The van der Waals surface area contributed by atoms with Crippen molar-refractivity contribution >= 4 is 11.8 Å². The summed E-state index contributed by atoms with van der Waals surface area (Å²) in [5, 5.41) is 0. The van der Waals surface area contributed by atoms with Gasteiger partial charge in [0.25, 0.3) is 0 Å². The highest BCUT2D eigenvalue weighted by Crippen LogP contribution is 2.34. The molecule has 0 aliphatic carbocycles. The monoisotopic (exact) mass is 353 g/mol. The molecule has 0 atom stereocenters. The molecule has 1 aliphatic heterocycles. The maximum atomic E-state index is 13.5. The molecule has 0 unspecified atom stereocenters. The zero-order valence-corrected chi connectivity index (χ0v) is 13.1. The Kier molecular flexibility index (Phi) is 4.95. The van der Waals surface area contributed by atoms with Crippen LogP contribution in [0, 0.1) is 6.92 Å². The van der Waals surface area contributed by atoms with Gasteiger partial charge < -0.3 is 9.64 Å². The van der Waals surface area contributed by atoms with E-state index in [1.165, 1.54) is 11.8 Å². The lowest BCUT2D eigenvalue weighted by Gasteiger charge is -2.25. The Hall–Kier alpha value is -2.00. The highest BCUT2D eigenvalue weighted by molar-refractivity contribution is 5.95. The van der Waals surface area contributed by atoms with Crippen LogP contribution in [-0.2, 0) is 10.9 Å². The third-order valence-corrected chi connectivity index (χ3v) is 3.73. The molecule has 0 bridgehead atoms. The maximum Gasteiger partial charge on any atom is 0.451 e. The van der Waals surface area contributed by atoms with Crippen LogP contribution >= 0.6 is 0 Å². The molecule has 0 N–H and O–H groups in total. The van der Waals surface area contributed by atoms with Gasteiger partial charge in [-0.05, 0) is 13.3 Å². The van der Waals surface area contributed by atoms with Crippen molar-refractivity contribution in [3.63, 3.8) is 0 Å². The number of nitrogens with zero attached hydrogens (tertiary/aromatic N) is 3. The summed E-state index contributed by atoms with van der Waals surface area (Å²) in [5.41, 5.74) is -0.453. The third kappa shape index (κ3) is 3.90. The van der Waals surface area contributed by atoms with E-state index in [9.17, 15) is 26.7 Å². The molecule has 1 aromatic heterocycles. The fourth-order valence-electron chi connectivity index (χ4n) is 2.53. The normalized spacial score (nSPS) is 18.2. The molecule has 0 radical (unpaired) electrons. The Morgan fingerprint density at radius 2 is 1.88 bits per heavy atom. The molecule has 134 valence electrons. The molecule has 24 heavy (non-hydrogen) atoms. The van der Waals surface area contributed by atoms with Crippen molar-refractivity contribution in [1.29, 1.82) is 0 Å². The average molecular weight is 353 g/mol. The second-order valence-electron chi connectivity index (χ2n) is 5.52. The van der Waals surface area contributed by atoms with Crippen LogP contribution in [0.5, 0.6) is 0 Å². The Balaban J connectivity index is 2.52. The summed E-state index contributed by atoms with van der Waals surface area (Å²) in [5.74, 6) is -5.54. The van der Waals surface area contributed by atoms with Gasteiger partial charge in [-0.3, -0.25) is 0 Å². The van der Waals surface area contributed by atoms with Crippen molar-refractivity contribution in [3.05, 3.63) is 17.1 Å². The van der Waals surface area contributed by atoms with Crippen LogP contribution in [0.4, 0.5) is 27.8 Å². The lowest BCUT2D eigenvalue weighted by molar-refractivity contribution is -0.145. The first-order valence-corrected chi connectivity index (χ1v) is 7.22. The molecule has 1 fully saturated rings. The largest absolute Gasteiger partial charge is 0.465 e. The van der Waals surface area contributed by atoms with E-state index in [4.69, 9.17) is 0 Å². The van der Waals surface area contributed by atoms with Crippen molar-refractivity contribution in [2.24, 2.45) is 0 Å². The Bertz CT molecular complexity index is 634. The summed E-state index contributed by atoms with van der Waals surface area (Å²) in [6.45, 7) is 1.07. The summed E-state index contributed by atoms with van der Waals surface area (Å²) >= 11 is 0. The summed E-state index contributed by atoms with van der Waals surface area (Å²) in [7, 11) is 1.07. The molecule has 2 heterocycles. The van der Waals surface area contributed by atoms with E-state index < -0.39 is 30.3 Å². The zero-order valence-electron chi connectivity index (χ0n) is 13.1. The van der Waals surface area contributed by atoms with Crippen molar-refractivity contribution in [2.75, 3.05) is 25.1 Å². The third-order valence-electron chi connectivity index (χ3n) is 3.73. The number of hydrogen-bond donors (Lipinski definition) is 0. The molecule has 1 aromatic rings. The minimum atomic E-state index is -4.82. The average Bonchev–Trinajstić information content (AvgIpc) is 2.65. The number of carbonyl (C=O) groups is 1. The molecular formula is C14H16F5N3O2. The van der Waals surface area contributed by atoms with Gasteiger partial charge >= 0.3 is 12.1 Å². The minimum Gasteiger partial charge on any atom is -0.465 e. The lowest BCUT2D eigenvalue weighted by atomic mass is 10.1. The first-order chi connectivity index (χ1) is 11.0. The number of ether oxygens (including phenoxy) is 1. The maximum absolute atomic E-state index is 13.5. The number of hydrogen-bond acceptors (Lipinski definition) is 5. The van der Waals surface area contributed by atoms with E-state index in [2.05, 4.69) is 14.7 Å². The van der Waals surface area contributed by atoms with Crippen LogP contribution in [0.15, 0.2) is 0 Å². The quantitative estimate of drug-likeness (QED) is 0.604. The van der Waals surface area contributed by atoms with Gasteiger partial charge in [0, 0.05) is 25.9 Å². The van der Waals surface area contributed by atoms with Gasteiger partial charge in [-0.1, -0.05) is 0 Å². The minimum absolute atomic E-state index is 0.0628. The van der Waals surface area contributed by atoms with E-state index in [1.54, 1.807) is 0 Å². The SMILES string of the molecule is COC(=O)c1c(C)nc(C(F)(F)F)nc1N1CCCC(F)(F)CC1. The topological polar surface area (TPSA) is 55.3 Å². The van der Waals surface area contributed by atoms with Crippen LogP contribution in [0.2, 0.25) is 0 Å². The Labute approximate surface area is 134 Å². The van der Waals surface area contributed by atoms with E-state index in [0.717, 1.165) is 7.11 Å². The van der Waals surface area contributed by atoms with Crippen LogP contribution in [0.3, 0.4) is 0 Å². The molecule has 0 amide bonds. The van der Waals surface area contributed by atoms with Crippen molar-refractivity contribution < 1.29 is 31.5 Å². The molecule has 1 aliphatic rings. The standard InChI is InChI=1S/C14H16F5N3O2/c1-8-9(11(23)24-2)10(21-12(20-8)14(17,18)19)22-6-3-4-13(15,16)5-7-22/h3-7H2,1-2H3. The number of anilines is 1. The molecule has 0 spiro atoms. The van der Waals surface area contributed by atoms with Crippen LogP contribution in [-0.4, -0.2) is 42.1 Å². The van der Waals surface area contributed by atoms with Crippen LogP contribution < -0.4 is 4.90 Å². The number of aryl methyl sites for hydroxylation is 1. The van der Waals surface area contributed by atoms with Gasteiger partial charge in [-0.25, -0.2) is 23.5 Å². The highest BCUT2D eigenvalue weighted by atomic mass is 19.4.